The van der Waals surface area contributed by atoms with E-state index in [0.29, 0.717) is 30.7 Å². The number of esters is 1. The first-order chi connectivity index (χ1) is 12.1. The van der Waals surface area contributed by atoms with Crippen molar-refractivity contribution >= 4 is 22.9 Å². The molecule has 7 nitrogen and oxygen atoms in total. The number of carbonyl (C=O) groups excluding carboxylic acids is 2. The van der Waals surface area contributed by atoms with Crippen LogP contribution in [0.4, 0.5) is 0 Å². The smallest absolute Gasteiger partial charge is 0.310 e. The van der Waals surface area contributed by atoms with E-state index < -0.39 is 0 Å². The highest BCUT2D eigenvalue weighted by atomic mass is 16.5. The number of piperidine rings is 1. The molecule has 0 radical (unpaired) electrons. The number of para-hydroxylation sites is 2. The number of ether oxygens (including phenoxy) is 1. The number of aromatic nitrogens is 2. The summed E-state index contributed by atoms with van der Waals surface area (Å²) in [5.41, 5.74) is 0.978. The van der Waals surface area contributed by atoms with Crippen LogP contribution in [0.5, 0.6) is 0 Å². The molecular weight excluding hydrogens is 322 g/mol. The molecule has 1 fully saturated rings. The van der Waals surface area contributed by atoms with Gasteiger partial charge in [-0.2, -0.15) is 0 Å². The van der Waals surface area contributed by atoms with Gasteiger partial charge in [0.05, 0.1) is 29.8 Å². The van der Waals surface area contributed by atoms with Gasteiger partial charge in [-0.05, 0) is 31.9 Å². The molecule has 0 bridgehead atoms. The summed E-state index contributed by atoms with van der Waals surface area (Å²) in [5.74, 6) is -0.720. The molecule has 0 aliphatic carbocycles. The summed E-state index contributed by atoms with van der Waals surface area (Å²) in [7, 11) is 0. The molecule has 1 aliphatic rings. The van der Waals surface area contributed by atoms with Crippen LogP contribution in [0.25, 0.3) is 11.0 Å². The van der Waals surface area contributed by atoms with E-state index in [9.17, 15) is 14.4 Å². The fraction of sp³-hybridized carbons (Fsp3) is 0.444. The van der Waals surface area contributed by atoms with Crippen LogP contribution in [0.15, 0.2) is 35.3 Å². The zero-order chi connectivity index (χ0) is 17.8. The molecule has 2 heterocycles. The summed E-state index contributed by atoms with van der Waals surface area (Å²) < 4.78 is 6.49. The van der Waals surface area contributed by atoms with Gasteiger partial charge in [-0.25, -0.2) is 4.98 Å². The van der Waals surface area contributed by atoms with E-state index in [0.717, 1.165) is 12.8 Å². The maximum absolute atomic E-state index is 12.7. The number of carbonyl (C=O) groups is 2. The molecule has 1 saturated heterocycles. The van der Waals surface area contributed by atoms with Crippen molar-refractivity contribution in [2.45, 2.75) is 26.3 Å². The minimum atomic E-state index is -0.314. The van der Waals surface area contributed by atoms with Gasteiger partial charge in [-0.3, -0.25) is 19.0 Å². The molecule has 0 spiro atoms. The van der Waals surface area contributed by atoms with Gasteiger partial charge in [0.15, 0.2) is 0 Å². The SMILES string of the molecule is CCOC(=O)C1CCCN(C(=O)Cn2c(=O)cnc3ccccc32)C1. The summed E-state index contributed by atoms with van der Waals surface area (Å²) in [6, 6.07) is 7.21. The van der Waals surface area contributed by atoms with Crippen molar-refractivity contribution in [2.24, 2.45) is 5.92 Å². The Labute approximate surface area is 145 Å². The Kier molecular flexibility index (Phi) is 5.11. The molecule has 0 N–H and O–H groups in total. The van der Waals surface area contributed by atoms with Crippen molar-refractivity contribution in [3.05, 3.63) is 40.8 Å². The Morgan fingerprint density at radius 3 is 2.92 bits per heavy atom. The zero-order valence-corrected chi connectivity index (χ0v) is 14.2. The zero-order valence-electron chi connectivity index (χ0n) is 14.2. The average Bonchev–Trinajstić information content (AvgIpc) is 2.64. The predicted molar refractivity (Wildman–Crippen MR) is 91.9 cm³/mol. The third kappa shape index (κ3) is 3.70. The first-order valence-corrected chi connectivity index (χ1v) is 8.49. The quantitative estimate of drug-likeness (QED) is 0.779. The van der Waals surface area contributed by atoms with Crippen molar-refractivity contribution in [3.8, 4) is 0 Å². The average molecular weight is 343 g/mol. The Morgan fingerprint density at radius 1 is 1.32 bits per heavy atom. The number of benzene rings is 1. The van der Waals surface area contributed by atoms with Gasteiger partial charge in [0.2, 0.25) is 5.91 Å². The van der Waals surface area contributed by atoms with Crippen LogP contribution in [0.3, 0.4) is 0 Å². The minimum absolute atomic E-state index is 0.0581. The third-order valence-electron chi connectivity index (χ3n) is 4.44. The highest BCUT2D eigenvalue weighted by Gasteiger charge is 2.29. The molecule has 2 aromatic rings. The molecular formula is C18H21N3O4. The van der Waals surface area contributed by atoms with Crippen molar-refractivity contribution in [1.29, 1.82) is 0 Å². The first kappa shape index (κ1) is 17.1. The van der Waals surface area contributed by atoms with Crippen molar-refractivity contribution < 1.29 is 14.3 Å². The van der Waals surface area contributed by atoms with Crippen molar-refractivity contribution in [2.75, 3.05) is 19.7 Å². The second-order valence-corrected chi connectivity index (χ2v) is 6.10. The predicted octanol–water partition coefficient (Wildman–Crippen LogP) is 1.20. The lowest BCUT2D eigenvalue weighted by atomic mass is 9.98. The topological polar surface area (TPSA) is 81.5 Å². The van der Waals surface area contributed by atoms with Crippen LogP contribution in [0, 0.1) is 5.92 Å². The molecule has 1 atom stereocenters. The summed E-state index contributed by atoms with van der Waals surface area (Å²) in [6.45, 7) is 2.98. The molecule has 1 aromatic carbocycles. The van der Waals surface area contributed by atoms with Gasteiger partial charge in [0, 0.05) is 13.1 Å². The van der Waals surface area contributed by atoms with Crippen LogP contribution in [-0.4, -0.2) is 46.0 Å². The van der Waals surface area contributed by atoms with Crippen molar-refractivity contribution in [1.82, 2.24) is 14.5 Å². The number of nitrogens with zero attached hydrogens (tertiary/aromatic N) is 3. The van der Waals surface area contributed by atoms with Gasteiger partial charge in [-0.15, -0.1) is 0 Å². The fourth-order valence-corrected chi connectivity index (χ4v) is 3.17. The van der Waals surface area contributed by atoms with E-state index in [2.05, 4.69) is 4.98 Å². The highest BCUT2D eigenvalue weighted by Crippen LogP contribution is 2.18. The van der Waals surface area contributed by atoms with Gasteiger partial charge >= 0.3 is 5.97 Å². The monoisotopic (exact) mass is 343 g/mol. The second-order valence-electron chi connectivity index (χ2n) is 6.10. The number of hydrogen-bond acceptors (Lipinski definition) is 5. The molecule has 1 aliphatic heterocycles. The van der Waals surface area contributed by atoms with E-state index in [1.54, 1.807) is 24.0 Å². The fourth-order valence-electron chi connectivity index (χ4n) is 3.17. The lowest BCUT2D eigenvalue weighted by molar-refractivity contribution is -0.151. The molecule has 132 valence electrons. The molecule has 7 heteroatoms. The van der Waals surface area contributed by atoms with E-state index in [4.69, 9.17) is 4.74 Å². The molecule has 1 aromatic heterocycles. The van der Waals surface area contributed by atoms with E-state index in [-0.39, 0.29) is 29.9 Å². The van der Waals surface area contributed by atoms with E-state index in [1.807, 2.05) is 12.1 Å². The number of amides is 1. The van der Waals surface area contributed by atoms with Crippen LogP contribution < -0.4 is 5.56 Å². The normalized spacial score (nSPS) is 17.5. The molecule has 1 amide bonds. The van der Waals surface area contributed by atoms with E-state index in [1.165, 1.54) is 10.8 Å². The van der Waals surface area contributed by atoms with Gasteiger partial charge in [-0.1, -0.05) is 12.1 Å². The van der Waals surface area contributed by atoms with E-state index >= 15 is 0 Å². The van der Waals surface area contributed by atoms with Crippen LogP contribution >= 0.6 is 0 Å². The first-order valence-electron chi connectivity index (χ1n) is 8.49. The minimum Gasteiger partial charge on any atom is -0.466 e. The lowest BCUT2D eigenvalue weighted by Crippen LogP contribution is -2.45. The Balaban J connectivity index is 1.77. The van der Waals surface area contributed by atoms with Gasteiger partial charge in [0.1, 0.15) is 6.54 Å². The number of likely N-dealkylation sites (tertiary alicyclic amines) is 1. The maximum atomic E-state index is 12.7. The molecule has 3 rings (SSSR count). The summed E-state index contributed by atoms with van der Waals surface area (Å²) in [4.78, 5) is 42.5. The molecule has 1 unspecified atom stereocenters. The second kappa shape index (κ2) is 7.46. The van der Waals surface area contributed by atoms with Crippen molar-refractivity contribution in [3.63, 3.8) is 0 Å². The van der Waals surface area contributed by atoms with Gasteiger partial charge < -0.3 is 9.64 Å². The lowest BCUT2D eigenvalue weighted by Gasteiger charge is -2.31. The largest absolute Gasteiger partial charge is 0.466 e. The standard InChI is InChI=1S/C18H21N3O4/c1-2-25-18(24)13-6-5-9-20(11-13)17(23)12-21-15-8-4-3-7-14(15)19-10-16(21)22/h3-4,7-8,10,13H,2,5-6,9,11-12H2,1H3. The molecule has 0 saturated carbocycles. The van der Waals surface area contributed by atoms with Gasteiger partial charge in [0.25, 0.3) is 5.56 Å². The number of rotatable bonds is 4. The maximum Gasteiger partial charge on any atom is 0.310 e. The number of fused-ring (bicyclic) bond motifs is 1. The Hall–Kier alpha value is -2.70. The number of hydrogen-bond donors (Lipinski definition) is 0. The Morgan fingerprint density at radius 2 is 2.12 bits per heavy atom. The summed E-state index contributed by atoms with van der Waals surface area (Å²) in [6.07, 6.45) is 2.70. The van der Waals surface area contributed by atoms with Crippen LogP contribution in [-0.2, 0) is 20.9 Å². The van der Waals surface area contributed by atoms with Crippen LogP contribution in [0.2, 0.25) is 0 Å². The summed E-state index contributed by atoms with van der Waals surface area (Å²) in [5, 5.41) is 0. The third-order valence-corrected chi connectivity index (χ3v) is 4.44. The Bertz CT molecular complexity index is 846. The summed E-state index contributed by atoms with van der Waals surface area (Å²) >= 11 is 0. The van der Waals surface area contributed by atoms with Crippen LogP contribution in [0.1, 0.15) is 19.8 Å². The molecule has 25 heavy (non-hydrogen) atoms. The highest BCUT2D eigenvalue weighted by molar-refractivity contribution is 5.81.